The monoisotopic (exact) mass is 255 g/mol. The number of amides is 1. The molecule has 0 rings (SSSR count). The van der Waals surface area contributed by atoms with Gasteiger partial charge < -0.3 is 9.64 Å². The average molecular weight is 255 g/mol. The summed E-state index contributed by atoms with van der Waals surface area (Å²) in [5, 5.41) is 0. The minimum atomic E-state index is -0.448. The highest BCUT2D eigenvalue weighted by molar-refractivity contribution is 5.67. The molecular formula is C15H29NO2. The van der Waals surface area contributed by atoms with Crippen molar-refractivity contribution in [3.8, 4) is 0 Å². The standard InChI is InChI=1S/C13H23NO2.C2H6/c1-10(2)11(3)8-9-14(7)12(15)16-13(4,5)6;1-2/h1,3,8-9H2,2,4-7H3;1-2H3. The minimum absolute atomic E-state index is 0.304. The quantitative estimate of drug-likeness (QED) is 0.697. The molecule has 0 N–H and O–H groups in total. The lowest BCUT2D eigenvalue weighted by Crippen LogP contribution is -2.34. The fourth-order valence-corrected chi connectivity index (χ4v) is 0.947. The van der Waals surface area contributed by atoms with Crippen molar-refractivity contribution in [2.45, 2.75) is 53.6 Å². The van der Waals surface area contributed by atoms with Gasteiger partial charge in [0.05, 0.1) is 0 Å². The summed E-state index contributed by atoms with van der Waals surface area (Å²) in [7, 11) is 1.72. The second-order valence-corrected chi connectivity index (χ2v) is 5.04. The first-order valence-electron chi connectivity index (χ1n) is 6.41. The molecule has 106 valence electrons. The Labute approximate surface area is 113 Å². The molecule has 0 fully saturated rings. The molecule has 0 aliphatic heterocycles. The number of rotatable bonds is 4. The van der Waals surface area contributed by atoms with E-state index >= 15 is 0 Å². The predicted molar refractivity (Wildman–Crippen MR) is 78.8 cm³/mol. The van der Waals surface area contributed by atoms with Crippen LogP contribution < -0.4 is 0 Å². The highest BCUT2D eigenvalue weighted by atomic mass is 16.6. The van der Waals surface area contributed by atoms with Crippen LogP contribution in [0.15, 0.2) is 24.3 Å². The van der Waals surface area contributed by atoms with Crippen LogP contribution in [0.5, 0.6) is 0 Å². The SMILES string of the molecule is C=C(C)C(=C)CCN(C)C(=O)OC(C)(C)C.CC. The van der Waals surface area contributed by atoms with Crippen molar-refractivity contribution in [1.29, 1.82) is 0 Å². The van der Waals surface area contributed by atoms with Gasteiger partial charge in [0, 0.05) is 13.6 Å². The van der Waals surface area contributed by atoms with Gasteiger partial charge in [-0.05, 0) is 34.1 Å². The fraction of sp³-hybridized carbons (Fsp3) is 0.667. The molecule has 0 radical (unpaired) electrons. The predicted octanol–water partition coefficient (Wildman–Crippen LogP) is 4.40. The second kappa shape index (κ2) is 8.78. The van der Waals surface area contributed by atoms with Crippen LogP contribution in [0.2, 0.25) is 0 Å². The van der Waals surface area contributed by atoms with Gasteiger partial charge in [-0.1, -0.05) is 38.2 Å². The lowest BCUT2D eigenvalue weighted by atomic mass is 10.1. The summed E-state index contributed by atoms with van der Waals surface area (Å²) in [6.45, 7) is 19.8. The van der Waals surface area contributed by atoms with E-state index in [-0.39, 0.29) is 6.09 Å². The molecule has 3 nitrogen and oxygen atoms in total. The van der Waals surface area contributed by atoms with Crippen molar-refractivity contribution < 1.29 is 9.53 Å². The maximum Gasteiger partial charge on any atom is 0.410 e. The molecule has 18 heavy (non-hydrogen) atoms. The molecule has 0 saturated heterocycles. The molecule has 0 atom stereocenters. The summed E-state index contributed by atoms with van der Waals surface area (Å²) in [4.78, 5) is 13.1. The van der Waals surface area contributed by atoms with Crippen LogP contribution in [0, 0.1) is 0 Å². The molecule has 0 unspecified atom stereocenters. The Kier molecular flexibility index (Phi) is 9.32. The summed E-state index contributed by atoms with van der Waals surface area (Å²) in [5.41, 5.74) is 1.48. The van der Waals surface area contributed by atoms with E-state index in [0.717, 1.165) is 17.6 Å². The van der Waals surface area contributed by atoms with E-state index in [4.69, 9.17) is 4.74 Å². The smallest absolute Gasteiger partial charge is 0.410 e. The van der Waals surface area contributed by atoms with Crippen LogP contribution in [0.4, 0.5) is 4.79 Å². The summed E-state index contributed by atoms with van der Waals surface area (Å²) >= 11 is 0. The second-order valence-electron chi connectivity index (χ2n) is 5.04. The van der Waals surface area contributed by atoms with Crippen LogP contribution in [-0.2, 0) is 4.74 Å². The third-order valence-electron chi connectivity index (χ3n) is 2.06. The molecule has 0 aliphatic carbocycles. The number of hydrogen-bond acceptors (Lipinski definition) is 2. The number of carbonyl (C=O) groups excluding carboxylic acids is 1. The zero-order chi connectivity index (χ0) is 14.9. The summed E-state index contributed by atoms with van der Waals surface area (Å²) in [6, 6.07) is 0. The van der Waals surface area contributed by atoms with Crippen molar-refractivity contribution in [3.05, 3.63) is 24.3 Å². The van der Waals surface area contributed by atoms with E-state index in [1.54, 1.807) is 11.9 Å². The average Bonchev–Trinajstić information content (AvgIpc) is 2.25. The van der Waals surface area contributed by atoms with Gasteiger partial charge in [0.25, 0.3) is 0 Å². The first-order valence-corrected chi connectivity index (χ1v) is 6.41. The normalized spacial score (nSPS) is 9.94. The number of nitrogens with zero attached hydrogens (tertiary/aromatic N) is 1. The van der Waals surface area contributed by atoms with Crippen molar-refractivity contribution in [3.63, 3.8) is 0 Å². The van der Waals surface area contributed by atoms with Gasteiger partial charge in [-0.25, -0.2) is 4.79 Å². The molecule has 0 aromatic rings. The maximum absolute atomic E-state index is 11.6. The van der Waals surface area contributed by atoms with Crippen molar-refractivity contribution in [2.24, 2.45) is 0 Å². The van der Waals surface area contributed by atoms with Crippen LogP contribution in [0.25, 0.3) is 0 Å². The van der Waals surface area contributed by atoms with E-state index in [0.29, 0.717) is 6.54 Å². The third-order valence-corrected chi connectivity index (χ3v) is 2.06. The van der Waals surface area contributed by atoms with Crippen LogP contribution in [-0.4, -0.2) is 30.2 Å². The van der Waals surface area contributed by atoms with Gasteiger partial charge in [0.2, 0.25) is 0 Å². The van der Waals surface area contributed by atoms with Crippen LogP contribution in [0.1, 0.15) is 48.0 Å². The third kappa shape index (κ3) is 9.94. The van der Waals surface area contributed by atoms with E-state index < -0.39 is 5.60 Å². The van der Waals surface area contributed by atoms with Crippen LogP contribution in [0.3, 0.4) is 0 Å². The number of hydrogen-bond donors (Lipinski definition) is 0. The molecule has 0 aliphatic rings. The molecule has 0 spiro atoms. The fourth-order valence-electron chi connectivity index (χ4n) is 0.947. The van der Waals surface area contributed by atoms with E-state index in [9.17, 15) is 4.79 Å². The van der Waals surface area contributed by atoms with Crippen molar-refractivity contribution >= 4 is 6.09 Å². The molecule has 0 saturated carbocycles. The molecule has 3 heteroatoms. The summed E-state index contributed by atoms with van der Waals surface area (Å²) in [5.74, 6) is 0. The highest BCUT2D eigenvalue weighted by Gasteiger charge is 2.19. The highest BCUT2D eigenvalue weighted by Crippen LogP contribution is 2.12. The Morgan fingerprint density at radius 2 is 1.67 bits per heavy atom. The Bertz CT molecular complexity index is 287. The first kappa shape index (κ1) is 19.1. The van der Waals surface area contributed by atoms with Gasteiger partial charge in [0.1, 0.15) is 5.60 Å². The Hall–Kier alpha value is -1.25. The van der Waals surface area contributed by atoms with Gasteiger partial charge in [-0.3, -0.25) is 0 Å². The molecule has 0 aromatic carbocycles. The minimum Gasteiger partial charge on any atom is -0.444 e. The van der Waals surface area contributed by atoms with Gasteiger partial charge in [0.15, 0.2) is 0 Å². The Balaban J connectivity index is 0. The topological polar surface area (TPSA) is 29.5 Å². The lowest BCUT2D eigenvalue weighted by Gasteiger charge is -2.24. The van der Waals surface area contributed by atoms with Gasteiger partial charge >= 0.3 is 6.09 Å². The molecule has 1 amide bonds. The molecule has 0 aromatic heterocycles. The van der Waals surface area contributed by atoms with Gasteiger partial charge in [-0.2, -0.15) is 0 Å². The van der Waals surface area contributed by atoms with E-state index in [2.05, 4.69) is 13.2 Å². The van der Waals surface area contributed by atoms with E-state index in [1.165, 1.54) is 0 Å². The van der Waals surface area contributed by atoms with Crippen molar-refractivity contribution in [2.75, 3.05) is 13.6 Å². The Morgan fingerprint density at radius 3 is 2.00 bits per heavy atom. The largest absolute Gasteiger partial charge is 0.444 e. The summed E-state index contributed by atoms with van der Waals surface area (Å²) in [6.07, 6.45) is 0.424. The van der Waals surface area contributed by atoms with Gasteiger partial charge in [-0.15, -0.1) is 0 Å². The lowest BCUT2D eigenvalue weighted by molar-refractivity contribution is 0.0301. The molecular weight excluding hydrogens is 226 g/mol. The van der Waals surface area contributed by atoms with Crippen molar-refractivity contribution in [1.82, 2.24) is 4.90 Å². The Morgan fingerprint density at radius 1 is 1.22 bits per heavy atom. The maximum atomic E-state index is 11.6. The van der Waals surface area contributed by atoms with Crippen LogP contribution >= 0.6 is 0 Å². The summed E-state index contributed by atoms with van der Waals surface area (Å²) < 4.78 is 5.23. The zero-order valence-electron chi connectivity index (χ0n) is 13.1. The molecule has 0 heterocycles. The number of ether oxygens (including phenoxy) is 1. The molecule has 0 bridgehead atoms. The van der Waals surface area contributed by atoms with E-state index in [1.807, 2.05) is 41.5 Å². The number of carbonyl (C=O) groups is 1. The zero-order valence-corrected chi connectivity index (χ0v) is 13.1. The first-order chi connectivity index (χ1) is 8.13. The number of allylic oxidation sites excluding steroid dienone is 1.